The van der Waals surface area contributed by atoms with Gasteiger partial charge in [-0.15, -0.1) is 0 Å². The Hall–Kier alpha value is -0.940. The molecule has 6 heteroatoms. The van der Waals surface area contributed by atoms with Gasteiger partial charge in [-0.2, -0.15) is 0 Å². The molecule has 0 spiro atoms. The number of hydrogen-bond donors (Lipinski definition) is 1. The highest BCUT2D eigenvalue weighted by Crippen LogP contribution is 2.33. The highest BCUT2D eigenvalue weighted by molar-refractivity contribution is 7.93. The van der Waals surface area contributed by atoms with Gasteiger partial charge in [-0.05, 0) is 24.1 Å². The summed E-state index contributed by atoms with van der Waals surface area (Å²) in [7, 11) is -3.22. The number of hydrogen-bond acceptors (Lipinski definition) is 3. The summed E-state index contributed by atoms with van der Waals surface area (Å²) in [5.74, 6) is 0.298. The minimum absolute atomic E-state index is 0.124. The zero-order valence-corrected chi connectivity index (χ0v) is 10.4. The maximum absolute atomic E-state index is 11.8. The lowest BCUT2D eigenvalue weighted by Gasteiger charge is -2.18. The van der Waals surface area contributed by atoms with Gasteiger partial charge >= 0.3 is 0 Å². The predicted molar refractivity (Wildman–Crippen MR) is 66.2 cm³/mol. The van der Waals surface area contributed by atoms with Crippen LogP contribution in [0.15, 0.2) is 18.2 Å². The van der Waals surface area contributed by atoms with Gasteiger partial charge in [0.1, 0.15) is 0 Å². The van der Waals surface area contributed by atoms with E-state index in [-0.39, 0.29) is 11.7 Å². The summed E-state index contributed by atoms with van der Waals surface area (Å²) in [5.41, 5.74) is 6.61. The van der Waals surface area contributed by atoms with Crippen molar-refractivity contribution in [3.8, 4) is 0 Å². The van der Waals surface area contributed by atoms with Gasteiger partial charge < -0.3 is 5.73 Å². The summed E-state index contributed by atoms with van der Waals surface area (Å²) >= 11 is 6.00. The molecule has 0 radical (unpaired) electrons. The molecule has 1 fully saturated rings. The van der Waals surface area contributed by atoms with Crippen molar-refractivity contribution < 1.29 is 8.42 Å². The molecule has 2 N–H and O–H groups in total. The Kier molecular flexibility index (Phi) is 2.75. The number of nitrogen functional groups attached to an aromatic ring is 1. The van der Waals surface area contributed by atoms with Crippen LogP contribution in [0, 0.1) is 5.92 Å². The third-order valence-corrected chi connectivity index (χ3v) is 4.86. The first-order valence-corrected chi connectivity index (χ1v) is 6.94. The van der Waals surface area contributed by atoms with Gasteiger partial charge in [0.05, 0.1) is 16.5 Å². The monoisotopic (exact) mass is 260 g/mol. The molecule has 0 bridgehead atoms. The maximum atomic E-state index is 11.8. The van der Waals surface area contributed by atoms with Crippen LogP contribution in [0.5, 0.6) is 0 Å². The number of sulfonamides is 1. The molecule has 1 aromatic rings. The number of rotatable bonds is 1. The number of nitrogens with zero attached hydrogens (tertiary/aromatic N) is 1. The molecule has 0 saturated carbocycles. The number of halogens is 1. The van der Waals surface area contributed by atoms with Crippen LogP contribution < -0.4 is 10.0 Å². The summed E-state index contributed by atoms with van der Waals surface area (Å²) < 4.78 is 25.1. The Labute approximate surface area is 100 Å². The maximum Gasteiger partial charge on any atom is 0.235 e. The summed E-state index contributed by atoms with van der Waals surface area (Å²) in [6.07, 6.45) is 0. The number of nitrogens with two attached hydrogens (primary N) is 1. The first-order chi connectivity index (χ1) is 7.40. The lowest BCUT2D eigenvalue weighted by molar-refractivity contribution is 0.598. The molecule has 0 aromatic heterocycles. The highest BCUT2D eigenvalue weighted by Gasteiger charge is 2.34. The van der Waals surface area contributed by atoms with Crippen molar-refractivity contribution in [3.05, 3.63) is 23.2 Å². The van der Waals surface area contributed by atoms with Crippen molar-refractivity contribution in [1.29, 1.82) is 0 Å². The van der Waals surface area contributed by atoms with E-state index in [1.165, 1.54) is 4.31 Å². The normalized spacial score (nSPS) is 23.6. The van der Waals surface area contributed by atoms with Crippen molar-refractivity contribution in [2.45, 2.75) is 6.92 Å². The Morgan fingerprint density at radius 3 is 2.69 bits per heavy atom. The number of anilines is 2. The second kappa shape index (κ2) is 3.82. The van der Waals surface area contributed by atoms with Gasteiger partial charge in [-0.1, -0.05) is 18.5 Å². The molecule has 1 saturated heterocycles. The van der Waals surface area contributed by atoms with Crippen molar-refractivity contribution in [2.24, 2.45) is 5.92 Å². The van der Waals surface area contributed by atoms with Gasteiger partial charge in [0.2, 0.25) is 10.0 Å². The average Bonchev–Trinajstić information content (AvgIpc) is 2.39. The Bertz CT molecular complexity index is 516. The van der Waals surface area contributed by atoms with E-state index in [1.54, 1.807) is 18.2 Å². The third-order valence-electron chi connectivity index (χ3n) is 2.55. The molecular formula is C10H13ClN2O2S. The minimum Gasteiger partial charge on any atom is -0.399 e. The average molecular weight is 261 g/mol. The molecule has 88 valence electrons. The summed E-state index contributed by atoms with van der Waals surface area (Å²) in [4.78, 5) is 0. The van der Waals surface area contributed by atoms with Crippen LogP contribution in [-0.4, -0.2) is 20.7 Å². The fraction of sp³-hybridized carbons (Fsp3) is 0.400. The molecule has 16 heavy (non-hydrogen) atoms. The van der Waals surface area contributed by atoms with E-state index in [9.17, 15) is 8.42 Å². The van der Waals surface area contributed by atoms with Gasteiger partial charge in [0, 0.05) is 12.2 Å². The molecule has 4 nitrogen and oxygen atoms in total. The van der Waals surface area contributed by atoms with E-state index in [1.807, 2.05) is 6.92 Å². The van der Waals surface area contributed by atoms with Crippen molar-refractivity contribution in [1.82, 2.24) is 0 Å². The summed E-state index contributed by atoms with van der Waals surface area (Å²) in [6, 6.07) is 4.86. The second-order valence-electron chi connectivity index (χ2n) is 4.13. The van der Waals surface area contributed by atoms with Crippen molar-refractivity contribution >= 4 is 33.0 Å². The van der Waals surface area contributed by atoms with Gasteiger partial charge in [0.15, 0.2) is 0 Å². The zero-order chi connectivity index (χ0) is 11.9. The lowest BCUT2D eigenvalue weighted by atomic mass is 10.2. The fourth-order valence-electron chi connectivity index (χ4n) is 1.87. The number of benzene rings is 1. The molecule has 1 heterocycles. The van der Waals surface area contributed by atoms with E-state index < -0.39 is 10.0 Å². The Morgan fingerprint density at radius 2 is 2.19 bits per heavy atom. The van der Waals surface area contributed by atoms with Crippen LogP contribution in [0.3, 0.4) is 0 Å². The van der Waals surface area contributed by atoms with Crippen LogP contribution in [0.4, 0.5) is 11.4 Å². The van der Waals surface area contributed by atoms with E-state index in [0.717, 1.165) is 0 Å². The second-order valence-corrected chi connectivity index (χ2v) is 6.47. The van der Waals surface area contributed by atoms with Crippen LogP contribution in [-0.2, 0) is 10.0 Å². The molecule has 1 unspecified atom stereocenters. The molecule has 0 aliphatic carbocycles. The van der Waals surface area contributed by atoms with E-state index in [2.05, 4.69) is 0 Å². The molecule has 2 rings (SSSR count). The van der Waals surface area contributed by atoms with E-state index in [0.29, 0.717) is 22.9 Å². The van der Waals surface area contributed by atoms with Crippen molar-refractivity contribution in [3.63, 3.8) is 0 Å². The Morgan fingerprint density at radius 1 is 1.50 bits per heavy atom. The predicted octanol–water partition coefficient (Wildman–Crippen LogP) is 1.71. The van der Waals surface area contributed by atoms with Crippen LogP contribution in [0.25, 0.3) is 0 Å². The molecular weight excluding hydrogens is 248 g/mol. The standard InChI is InChI=1S/C10H13ClN2O2S/c1-7-5-13(16(14,15)6-7)10-3-2-8(12)4-9(10)11/h2-4,7H,5-6,12H2,1H3. The SMILES string of the molecule is CC1CN(c2ccc(N)cc2Cl)S(=O)(=O)C1. The topological polar surface area (TPSA) is 63.4 Å². The quantitative estimate of drug-likeness (QED) is 0.782. The largest absolute Gasteiger partial charge is 0.399 e. The molecule has 1 aliphatic heterocycles. The molecule has 1 atom stereocenters. The fourth-order valence-corrected chi connectivity index (χ4v) is 4.16. The van der Waals surface area contributed by atoms with Crippen LogP contribution in [0.1, 0.15) is 6.92 Å². The van der Waals surface area contributed by atoms with Gasteiger partial charge in [-0.25, -0.2) is 8.42 Å². The van der Waals surface area contributed by atoms with Gasteiger partial charge in [-0.3, -0.25) is 4.31 Å². The van der Waals surface area contributed by atoms with Crippen LogP contribution >= 0.6 is 11.6 Å². The molecule has 0 amide bonds. The van der Waals surface area contributed by atoms with Crippen molar-refractivity contribution in [2.75, 3.05) is 22.3 Å². The zero-order valence-electron chi connectivity index (χ0n) is 8.85. The summed E-state index contributed by atoms with van der Waals surface area (Å²) in [6.45, 7) is 2.38. The van der Waals surface area contributed by atoms with Gasteiger partial charge in [0.25, 0.3) is 0 Å². The van der Waals surface area contributed by atoms with E-state index in [4.69, 9.17) is 17.3 Å². The first kappa shape index (κ1) is 11.5. The molecule has 1 aromatic carbocycles. The Balaban J connectivity index is 2.45. The smallest absolute Gasteiger partial charge is 0.235 e. The lowest BCUT2D eigenvalue weighted by Crippen LogP contribution is -2.25. The van der Waals surface area contributed by atoms with Crippen LogP contribution in [0.2, 0.25) is 5.02 Å². The third kappa shape index (κ3) is 1.97. The highest BCUT2D eigenvalue weighted by atomic mass is 35.5. The summed E-state index contributed by atoms with van der Waals surface area (Å²) in [5, 5.41) is 0.373. The minimum atomic E-state index is -3.22. The van der Waals surface area contributed by atoms with E-state index >= 15 is 0 Å². The molecule has 1 aliphatic rings. The first-order valence-electron chi connectivity index (χ1n) is 4.95.